The van der Waals surface area contributed by atoms with Gasteiger partial charge in [0, 0.05) is 43.8 Å². The van der Waals surface area contributed by atoms with Crippen molar-refractivity contribution in [2.75, 3.05) is 0 Å². The van der Waals surface area contributed by atoms with Crippen LogP contribution < -0.4 is 0 Å². The summed E-state index contributed by atoms with van der Waals surface area (Å²) in [4.78, 5) is 20.3. The maximum absolute atomic E-state index is 6.37. The Morgan fingerprint density at radius 3 is 1.62 bits per heavy atom. The molecule has 0 bridgehead atoms. The molecule has 0 aliphatic rings. The van der Waals surface area contributed by atoms with Gasteiger partial charge in [0.15, 0.2) is 11.6 Å². The maximum atomic E-state index is 6.37. The van der Waals surface area contributed by atoms with Crippen LogP contribution in [0.5, 0.6) is 0 Å². The Hall–Kier alpha value is -6.20. The summed E-state index contributed by atoms with van der Waals surface area (Å²) in [5.74, 6) is 1.31. The van der Waals surface area contributed by atoms with Crippen LogP contribution in [0.4, 0.5) is 0 Å². The molecule has 9 rings (SSSR count). The summed E-state index contributed by atoms with van der Waals surface area (Å²) in [6.07, 6.45) is 0. The number of hydrogen-bond acceptors (Lipinski definition) is 5. The topological polar surface area (TPSA) is 64.7 Å². The standard InChI is InChI=1S/C40H24N4O/c1-3-12-25(13-4-1)37-28-16-7-9-19-32(28)41-39(43-37)27-22-23-34-31(24-27)36-30(18-11-21-35(36)45-34)40-42-33-20-10-8-17-29(33)38(44-40)26-14-5-2-6-15-26/h1-24H. The van der Waals surface area contributed by atoms with Gasteiger partial charge in [-0.3, -0.25) is 0 Å². The van der Waals surface area contributed by atoms with E-state index in [1.807, 2.05) is 97.1 Å². The van der Waals surface area contributed by atoms with Crippen molar-refractivity contribution < 1.29 is 4.42 Å². The first-order chi connectivity index (χ1) is 22.3. The zero-order valence-corrected chi connectivity index (χ0v) is 24.1. The van der Waals surface area contributed by atoms with Gasteiger partial charge in [-0.15, -0.1) is 0 Å². The molecule has 0 atom stereocenters. The Labute approximate surface area is 258 Å². The number of hydrogen-bond donors (Lipinski definition) is 0. The number of fused-ring (bicyclic) bond motifs is 5. The lowest BCUT2D eigenvalue weighted by Gasteiger charge is -2.10. The van der Waals surface area contributed by atoms with Crippen molar-refractivity contribution in [3.63, 3.8) is 0 Å². The van der Waals surface area contributed by atoms with E-state index in [0.29, 0.717) is 11.6 Å². The minimum Gasteiger partial charge on any atom is -0.456 e. The number of para-hydroxylation sites is 2. The highest BCUT2D eigenvalue weighted by atomic mass is 16.3. The van der Waals surface area contributed by atoms with Crippen molar-refractivity contribution in [2.45, 2.75) is 0 Å². The molecule has 0 N–H and O–H groups in total. The number of nitrogens with zero attached hydrogens (tertiary/aromatic N) is 4. The molecule has 45 heavy (non-hydrogen) atoms. The Bertz CT molecular complexity index is 2540. The Morgan fingerprint density at radius 1 is 0.378 bits per heavy atom. The van der Waals surface area contributed by atoms with Gasteiger partial charge < -0.3 is 4.42 Å². The molecule has 0 aliphatic carbocycles. The van der Waals surface area contributed by atoms with Gasteiger partial charge in [0.2, 0.25) is 0 Å². The average molecular weight is 577 g/mol. The van der Waals surface area contributed by atoms with Crippen LogP contribution in [0.1, 0.15) is 0 Å². The normalized spacial score (nSPS) is 11.6. The van der Waals surface area contributed by atoms with Crippen molar-refractivity contribution in [1.29, 1.82) is 0 Å². The first kappa shape index (κ1) is 25.3. The van der Waals surface area contributed by atoms with E-state index in [1.54, 1.807) is 0 Å². The van der Waals surface area contributed by atoms with Crippen molar-refractivity contribution in [3.8, 4) is 45.3 Å². The lowest BCUT2D eigenvalue weighted by atomic mass is 10.0. The van der Waals surface area contributed by atoms with E-state index in [2.05, 4.69) is 48.5 Å². The molecule has 9 aromatic rings. The fraction of sp³-hybridized carbons (Fsp3) is 0. The predicted molar refractivity (Wildman–Crippen MR) is 182 cm³/mol. The highest BCUT2D eigenvalue weighted by Gasteiger charge is 2.19. The van der Waals surface area contributed by atoms with Crippen LogP contribution in [0, 0.1) is 0 Å². The van der Waals surface area contributed by atoms with Gasteiger partial charge in [-0.25, -0.2) is 19.9 Å². The van der Waals surface area contributed by atoms with Crippen molar-refractivity contribution in [2.24, 2.45) is 0 Å². The van der Waals surface area contributed by atoms with Crippen molar-refractivity contribution in [1.82, 2.24) is 19.9 Å². The molecule has 0 radical (unpaired) electrons. The zero-order chi connectivity index (χ0) is 29.7. The number of aromatic nitrogens is 4. The fourth-order valence-electron chi connectivity index (χ4n) is 6.19. The summed E-state index contributed by atoms with van der Waals surface area (Å²) in [6, 6.07) is 49.1. The van der Waals surface area contributed by atoms with Gasteiger partial charge in [0.25, 0.3) is 0 Å². The number of furan rings is 1. The fourth-order valence-corrected chi connectivity index (χ4v) is 6.19. The summed E-state index contributed by atoms with van der Waals surface area (Å²) in [5.41, 5.74) is 9.09. The third-order valence-electron chi connectivity index (χ3n) is 8.30. The minimum absolute atomic E-state index is 0.652. The molecule has 0 amide bonds. The lowest BCUT2D eigenvalue weighted by molar-refractivity contribution is 0.669. The van der Waals surface area contributed by atoms with E-state index in [1.165, 1.54) is 0 Å². The lowest BCUT2D eigenvalue weighted by Crippen LogP contribution is -1.96. The van der Waals surface area contributed by atoms with Crippen LogP contribution >= 0.6 is 0 Å². The Balaban J connectivity index is 1.27. The van der Waals surface area contributed by atoms with E-state index in [-0.39, 0.29) is 0 Å². The highest BCUT2D eigenvalue weighted by molar-refractivity contribution is 6.13. The van der Waals surface area contributed by atoms with Gasteiger partial charge in [-0.1, -0.05) is 109 Å². The first-order valence-electron chi connectivity index (χ1n) is 14.9. The third-order valence-corrected chi connectivity index (χ3v) is 8.30. The minimum atomic E-state index is 0.652. The molecule has 5 heteroatoms. The molecule has 0 saturated carbocycles. The van der Waals surface area contributed by atoms with Crippen LogP contribution in [0.2, 0.25) is 0 Å². The van der Waals surface area contributed by atoms with Gasteiger partial charge in [0.1, 0.15) is 11.2 Å². The molecule has 0 fully saturated rings. The molecule has 0 unspecified atom stereocenters. The molecule has 210 valence electrons. The smallest absolute Gasteiger partial charge is 0.161 e. The molecular weight excluding hydrogens is 552 g/mol. The third kappa shape index (κ3) is 4.25. The van der Waals surface area contributed by atoms with E-state index >= 15 is 0 Å². The van der Waals surface area contributed by atoms with Gasteiger partial charge >= 0.3 is 0 Å². The zero-order valence-electron chi connectivity index (χ0n) is 24.1. The molecular formula is C40H24N4O. The van der Waals surface area contributed by atoms with Crippen molar-refractivity contribution >= 4 is 43.7 Å². The van der Waals surface area contributed by atoms with Gasteiger partial charge in [-0.05, 0) is 36.4 Å². The van der Waals surface area contributed by atoms with Crippen LogP contribution in [0.3, 0.4) is 0 Å². The summed E-state index contributed by atoms with van der Waals surface area (Å²) >= 11 is 0. The highest BCUT2D eigenvalue weighted by Crippen LogP contribution is 2.39. The molecule has 3 aromatic heterocycles. The maximum Gasteiger partial charge on any atom is 0.161 e. The SMILES string of the molecule is c1ccc(-c2nc(-c3ccc4oc5cccc(-c6nc(-c7ccccc7)c7ccccc7n6)c5c4c3)nc3ccccc23)cc1. The molecule has 0 saturated heterocycles. The van der Waals surface area contributed by atoms with E-state index in [4.69, 9.17) is 24.4 Å². The quantitative estimate of drug-likeness (QED) is 0.209. The Kier molecular flexibility index (Phi) is 5.74. The predicted octanol–water partition coefficient (Wildman–Crippen LogP) is 10.1. The van der Waals surface area contributed by atoms with E-state index in [0.717, 1.165) is 77.4 Å². The van der Waals surface area contributed by atoms with Crippen LogP contribution in [-0.2, 0) is 0 Å². The average Bonchev–Trinajstić information content (AvgIpc) is 3.50. The summed E-state index contributed by atoms with van der Waals surface area (Å²) < 4.78 is 6.37. The van der Waals surface area contributed by atoms with Crippen LogP contribution in [0.15, 0.2) is 150 Å². The monoisotopic (exact) mass is 576 g/mol. The van der Waals surface area contributed by atoms with Crippen LogP contribution in [-0.4, -0.2) is 19.9 Å². The first-order valence-corrected chi connectivity index (χ1v) is 14.9. The molecule has 0 spiro atoms. The summed E-state index contributed by atoms with van der Waals surface area (Å²) in [5, 5.41) is 3.97. The summed E-state index contributed by atoms with van der Waals surface area (Å²) in [7, 11) is 0. The van der Waals surface area contributed by atoms with E-state index < -0.39 is 0 Å². The second kappa shape index (κ2) is 10.2. The number of benzene rings is 6. The molecule has 6 aromatic carbocycles. The second-order valence-electron chi connectivity index (χ2n) is 11.0. The molecule has 0 aliphatic heterocycles. The summed E-state index contributed by atoms with van der Waals surface area (Å²) in [6.45, 7) is 0. The van der Waals surface area contributed by atoms with Crippen LogP contribution in [0.25, 0.3) is 89.0 Å². The number of rotatable bonds is 4. The largest absolute Gasteiger partial charge is 0.456 e. The Morgan fingerprint density at radius 2 is 0.956 bits per heavy atom. The van der Waals surface area contributed by atoms with Crippen molar-refractivity contribution in [3.05, 3.63) is 146 Å². The van der Waals surface area contributed by atoms with Gasteiger partial charge in [0.05, 0.1) is 22.4 Å². The van der Waals surface area contributed by atoms with E-state index in [9.17, 15) is 0 Å². The second-order valence-corrected chi connectivity index (χ2v) is 11.0. The van der Waals surface area contributed by atoms with Gasteiger partial charge in [-0.2, -0.15) is 0 Å². The molecule has 5 nitrogen and oxygen atoms in total. The molecule has 3 heterocycles.